The molecule has 0 amide bonds. The van der Waals surface area contributed by atoms with E-state index in [1.54, 1.807) is 13.1 Å². The van der Waals surface area contributed by atoms with Crippen LogP contribution in [0, 0.1) is 6.92 Å². The number of aliphatic hydroxyl groups excluding tert-OH is 1. The predicted octanol–water partition coefficient (Wildman–Crippen LogP) is 4.12. The van der Waals surface area contributed by atoms with E-state index < -0.39 is 6.10 Å². The molecule has 1 atom stereocenters. The van der Waals surface area contributed by atoms with Crippen molar-refractivity contribution in [2.24, 2.45) is 0 Å². The number of rotatable bonds is 9. The molecule has 9 nitrogen and oxygen atoms in total. The Morgan fingerprint density at radius 2 is 1.82 bits per heavy atom. The summed E-state index contributed by atoms with van der Waals surface area (Å²) in [5.74, 6) is 3.35. The normalized spacial score (nSPS) is 16.1. The molecule has 10 heteroatoms. The number of halogens is 1. The van der Waals surface area contributed by atoms with Crippen molar-refractivity contribution in [1.82, 2.24) is 15.3 Å². The van der Waals surface area contributed by atoms with Crippen LogP contribution in [0.4, 0.5) is 5.82 Å². The Morgan fingerprint density at radius 1 is 1.05 bits per heavy atom. The van der Waals surface area contributed by atoms with Crippen molar-refractivity contribution in [3.05, 3.63) is 47.0 Å². The number of nitrogens with zero attached hydrogens (tertiary/aromatic N) is 3. The lowest BCUT2D eigenvalue weighted by Crippen LogP contribution is -2.37. The number of benzene rings is 2. The summed E-state index contributed by atoms with van der Waals surface area (Å²) in [7, 11) is 3.86. The molecule has 0 spiro atoms. The van der Waals surface area contributed by atoms with Crippen LogP contribution in [-0.4, -0.2) is 80.9 Å². The molecule has 39 heavy (non-hydrogen) atoms. The molecule has 2 aliphatic heterocycles. The summed E-state index contributed by atoms with van der Waals surface area (Å²) in [6, 6.07) is 11.6. The van der Waals surface area contributed by atoms with Gasteiger partial charge in [-0.3, -0.25) is 0 Å². The first-order valence-electron chi connectivity index (χ1n) is 13.3. The lowest BCUT2D eigenvalue weighted by Gasteiger charge is -2.33. The Morgan fingerprint density at radius 3 is 2.59 bits per heavy atom. The molecule has 1 aromatic heterocycles. The molecule has 208 valence electrons. The molecule has 5 rings (SSSR count). The van der Waals surface area contributed by atoms with Gasteiger partial charge < -0.3 is 34.3 Å². The van der Waals surface area contributed by atoms with Crippen LogP contribution >= 0.6 is 11.6 Å². The molecule has 0 radical (unpaired) electrons. The van der Waals surface area contributed by atoms with Crippen molar-refractivity contribution in [1.29, 1.82) is 0 Å². The quantitative estimate of drug-likeness (QED) is 0.405. The predicted molar refractivity (Wildman–Crippen MR) is 151 cm³/mol. The van der Waals surface area contributed by atoms with Crippen molar-refractivity contribution in [3.8, 4) is 39.9 Å². The average molecular weight is 555 g/mol. The smallest absolute Gasteiger partial charge is 0.162 e. The van der Waals surface area contributed by atoms with Gasteiger partial charge in [-0.15, -0.1) is 0 Å². The number of aliphatic hydroxyl groups is 1. The lowest BCUT2D eigenvalue weighted by atomic mass is 10.0. The Bertz CT molecular complexity index is 1300. The first kappa shape index (κ1) is 27.5. The highest BCUT2D eigenvalue weighted by molar-refractivity contribution is 6.31. The minimum Gasteiger partial charge on any atom is -0.491 e. The SMILES string of the molecule is CNCC(O)COc1cc(Cl)cc(-c2nc(-c3ccc4c(c3)OCCO4)c(C)c(N(C)C3CCOCC3)n2)c1. The monoisotopic (exact) mass is 554 g/mol. The number of hydrogen-bond acceptors (Lipinski definition) is 9. The number of likely N-dealkylation sites (N-methyl/N-ethyl adjacent to an activating group) is 1. The van der Waals surface area contributed by atoms with E-state index in [9.17, 15) is 5.11 Å². The number of hydrogen-bond donors (Lipinski definition) is 2. The van der Waals surface area contributed by atoms with Gasteiger partial charge in [0.05, 0.1) is 5.69 Å². The first-order valence-corrected chi connectivity index (χ1v) is 13.7. The summed E-state index contributed by atoms with van der Waals surface area (Å²) in [6.45, 7) is 5.12. The largest absolute Gasteiger partial charge is 0.491 e. The summed E-state index contributed by atoms with van der Waals surface area (Å²) in [4.78, 5) is 12.3. The van der Waals surface area contributed by atoms with Crippen LogP contribution in [0.1, 0.15) is 18.4 Å². The van der Waals surface area contributed by atoms with E-state index in [-0.39, 0.29) is 6.61 Å². The average Bonchev–Trinajstić information content (AvgIpc) is 2.96. The number of ether oxygens (including phenoxy) is 4. The van der Waals surface area contributed by atoms with Crippen LogP contribution in [0.2, 0.25) is 5.02 Å². The van der Waals surface area contributed by atoms with Crippen LogP contribution in [0.3, 0.4) is 0 Å². The number of fused-ring (bicyclic) bond motifs is 1. The fourth-order valence-electron chi connectivity index (χ4n) is 4.96. The molecule has 1 fully saturated rings. The summed E-state index contributed by atoms with van der Waals surface area (Å²) in [5.41, 5.74) is 3.41. The third-order valence-electron chi connectivity index (χ3n) is 7.02. The molecule has 0 bridgehead atoms. The maximum Gasteiger partial charge on any atom is 0.162 e. The molecule has 2 N–H and O–H groups in total. The standard InChI is InChI=1S/C29H35ClN4O5/c1-18-27(19-4-5-25-26(14-19)38-11-10-37-25)32-28(33-29(18)34(3)22-6-8-36-9-7-22)20-12-21(30)15-24(13-20)39-17-23(35)16-31-2/h4-5,12-15,22-23,31,35H,6-11,16-17H2,1-3H3. The molecule has 2 aliphatic rings. The maximum absolute atomic E-state index is 10.1. The summed E-state index contributed by atoms with van der Waals surface area (Å²) in [5, 5.41) is 13.5. The van der Waals surface area contributed by atoms with E-state index >= 15 is 0 Å². The molecule has 3 heterocycles. The van der Waals surface area contributed by atoms with Crippen molar-refractivity contribution >= 4 is 17.4 Å². The lowest BCUT2D eigenvalue weighted by molar-refractivity contribution is 0.0853. The van der Waals surface area contributed by atoms with Crippen LogP contribution in [0.15, 0.2) is 36.4 Å². The highest BCUT2D eigenvalue weighted by Gasteiger charge is 2.25. The van der Waals surface area contributed by atoms with Gasteiger partial charge in [0, 0.05) is 54.6 Å². The van der Waals surface area contributed by atoms with Crippen LogP contribution in [0.25, 0.3) is 22.6 Å². The fraction of sp³-hybridized carbons (Fsp3) is 0.448. The molecule has 0 saturated carbocycles. The van der Waals surface area contributed by atoms with Gasteiger partial charge in [-0.1, -0.05) is 11.6 Å². The fourth-order valence-corrected chi connectivity index (χ4v) is 5.18. The number of nitrogens with one attached hydrogen (secondary N) is 1. The number of anilines is 1. The Labute approximate surface area is 234 Å². The molecule has 1 unspecified atom stereocenters. The van der Waals surface area contributed by atoms with E-state index in [2.05, 4.69) is 24.2 Å². The van der Waals surface area contributed by atoms with Crippen LogP contribution < -0.4 is 24.4 Å². The van der Waals surface area contributed by atoms with Gasteiger partial charge in [-0.2, -0.15) is 0 Å². The maximum atomic E-state index is 10.1. The van der Waals surface area contributed by atoms with Crippen molar-refractivity contribution in [2.75, 3.05) is 58.6 Å². The summed E-state index contributed by atoms with van der Waals surface area (Å²) < 4.78 is 23.0. The van der Waals surface area contributed by atoms with Crippen LogP contribution in [-0.2, 0) is 4.74 Å². The zero-order chi connectivity index (χ0) is 27.4. The Hall–Kier alpha value is -3.11. The topological polar surface area (TPSA) is 98.2 Å². The van der Waals surface area contributed by atoms with Gasteiger partial charge in [-0.05, 0) is 63.2 Å². The second-order valence-corrected chi connectivity index (χ2v) is 10.3. The second-order valence-electron chi connectivity index (χ2n) is 9.86. The molecular weight excluding hydrogens is 520 g/mol. The third-order valence-corrected chi connectivity index (χ3v) is 7.24. The van der Waals surface area contributed by atoms with Gasteiger partial charge in [0.1, 0.15) is 37.5 Å². The van der Waals surface area contributed by atoms with E-state index in [4.69, 9.17) is 40.5 Å². The highest BCUT2D eigenvalue weighted by atomic mass is 35.5. The third kappa shape index (κ3) is 6.38. The highest BCUT2D eigenvalue weighted by Crippen LogP contribution is 2.38. The van der Waals surface area contributed by atoms with Gasteiger partial charge >= 0.3 is 0 Å². The van der Waals surface area contributed by atoms with Gasteiger partial charge in [0.25, 0.3) is 0 Å². The van der Waals surface area contributed by atoms with Gasteiger partial charge in [0.15, 0.2) is 17.3 Å². The number of aromatic nitrogens is 2. The minimum atomic E-state index is -0.644. The van der Waals surface area contributed by atoms with Crippen molar-refractivity contribution in [3.63, 3.8) is 0 Å². The van der Waals surface area contributed by atoms with Gasteiger partial charge in [-0.25, -0.2) is 9.97 Å². The molecular formula is C29H35ClN4O5. The van der Waals surface area contributed by atoms with E-state index in [1.807, 2.05) is 30.3 Å². The zero-order valence-corrected chi connectivity index (χ0v) is 23.3. The Balaban J connectivity index is 1.57. The van der Waals surface area contributed by atoms with Crippen molar-refractivity contribution in [2.45, 2.75) is 31.9 Å². The Kier molecular flexibility index (Phi) is 8.72. The minimum absolute atomic E-state index is 0.134. The summed E-state index contributed by atoms with van der Waals surface area (Å²) >= 11 is 6.50. The van der Waals surface area contributed by atoms with Gasteiger partial charge in [0.2, 0.25) is 0 Å². The molecule has 0 aliphatic carbocycles. The second kappa shape index (κ2) is 12.4. The summed E-state index contributed by atoms with van der Waals surface area (Å²) in [6.07, 6.45) is 1.21. The molecule has 2 aromatic carbocycles. The van der Waals surface area contributed by atoms with E-state index in [0.29, 0.717) is 48.1 Å². The first-order chi connectivity index (χ1) is 18.9. The zero-order valence-electron chi connectivity index (χ0n) is 22.6. The van der Waals surface area contributed by atoms with E-state index in [1.165, 1.54) is 0 Å². The molecule has 3 aromatic rings. The van der Waals surface area contributed by atoms with Crippen molar-refractivity contribution < 1.29 is 24.1 Å². The van der Waals surface area contributed by atoms with E-state index in [0.717, 1.165) is 60.0 Å². The van der Waals surface area contributed by atoms with Crippen LogP contribution in [0.5, 0.6) is 17.2 Å². The molecule has 1 saturated heterocycles.